The second kappa shape index (κ2) is 8.78. The number of nitrogens with one attached hydrogen (secondary N) is 1. The molecule has 100 valence electrons. The smallest absolute Gasteiger partial charge is 0.0347 e. The number of rotatable bonds is 7. The molecule has 0 heterocycles. The van der Waals surface area contributed by atoms with Crippen molar-refractivity contribution in [2.24, 2.45) is 0 Å². The Balaban J connectivity index is 2.56. The predicted octanol–water partition coefficient (Wildman–Crippen LogP) is 4.88. The van der Waals surface area contributed by atoms with Crippen molar-refractivity contribution >= 4 is 27.7 Å². The average molecular weight is 328 g/mol. The molecule has 0 fully saturated rings. The van der Waals surface area contributed by atoms with Gasteiger partial charge in [0.2, 0.25) is 0 Å². The van der Waals surface area contributed by atoms with Crippen molar-refractivity contribution in [1.29, 1.82) is 0 Å². The van der Waals surface area contributed by atoms with Crippen LogP contribution in [0, 0.1) is 0 Å². The fourth-order valence-electron chi connectivity index (χ4n) is 1.64. The molecule has 0 bridgehead atoms. The number of hydrogen-bond acceptors (Lipinski definition) is 2. The van der Waals surface area contributed by atoms with Gasteiger partial charge in [0.1, 0.15) is 0 Å². The maximum absolute atomic E-state index is 3.59. The molecule has 1 rings (SSSR count). The molecule has 1 atom stereocenters. The van der Waals surface area contributed by atoms with E-state index in [1.807, 2.05) is 11.8 Å². The predicted molar refractivity (Wildman–Crippen MR) is 86.4 cm³/mol. The van der Waals surface area contributed by atoms with Crippen LogP contribution in [-0.4, -0.2) is 18.3 Å². The third-order valence-electron chi connectivity index (χ3n) is 2.45. The highest BCUT2D eigenvalue weighted by molar-refractivity contribution is 9.10. The molecule has 0 aromatic heterocycles. The molecule has 0 amide bonds. The van der Waals surface area contributed by atoms with E-state index in [9.17, 15) is 0 Å². The first-order valence-corrected chi connectivity index (χ1v) is 8.17. The summed E-state index contributed by atoms with van der Waals surface area (Å²) in [7, 11) is 0. The van der Waals surface area contributed by atoms with Crippen molar-refractivity contribution in [3.8, 4) is 0 Å². The lowest BCUT2D eigenvalue weighted by Crippen LogP contribution is -2.30. The monoisotopic (exact) mass is 327 g/mol. The topological polar surface area (TPSA) is 12.0 Å². The van der Waals surface area contributed by atoms with Gasteiger partial charge in [-0.1, -0.05) is 30.7 Å². The quantitative estimate of drug-likeness (QED) is 0.566. The Morgan fingerprint density at radius 3 is 2.72 bits per heavy atom. The Bertz CT molecular complexity index is 386. The Labute approximate surface area is 124 Å². The van der Waals surface area contributed by atoms with Crippen molar-refractivity contribution in [2.45, 2.75) is 38.1 Å². The standard InChI is InChI=1S/C15H22BrNS/c1-4-9-17-13(10-12(2)3)11-18-15-8-6-5-7-14(15)16/h5-8,10,13,17H,4,9,11H2,1-3H3. The maximum Gasteiger partial charge on any atom is 0.0347 e. The van der Waals surface area contributed by atoms with Gasteiger partial charge in [0, 0.05) is 21.2 Å². The van der Waals surface area contributed by atoms with E-state index < -0.39 is 0 Å². The molecule has 0 radical (unpaired) electrons. The molecule has 1 aromatic rings. The third-order valence-corrected chi connectivity index (χ3v) is 4.59. The minimum absolute atomic E-state index is 0.451. The van der Waals surface area contributed by atoms with E-state index in [-0.39, 0.29) is 0 Å². The van der Waals surface area contributed by atoms with Crippen LogP contribution in [-0.2, 0) is 0 Å². The first kappa shape index (κ1) is 15.8. The van der Waals surface area contributed by atoms with Crippen LogP contribution in [0.3, 0.4) is 0 Å². The normalized spacial score (nSPS) is 12.2. The molecule has 0 aliphatic rings. The molecule has 0 aliphatic carbocycles. The van der Waals surface area contributed by atoms with Crippen molar-refractivity contribution < 1.29 is 0 Å². The zero-order valence-corrected chi connectivity index (χ0v) is 13.8. The summed E-state index contributed by atoms with van der Waals surface area (Å²) >= 11 is 5.49. The Kier molecular flexibility index (Phi) is 7.71. The number of hydrogen-bond donors (Lipinski definition) is 1. The first-order chi connectivity index (χ1) is 8.63. The summed E-state index contributed by atoms with van der Waals surface area (Å²) in [5.41, 5.74) is 1.37. The molecule has 0 saturated heterocycles. The molecule has 0 spiro atoms. The molecule has 0 aliphatic heterocycles. The third kappa shape index (κ3) is 6.07. The molecule has 1 nitrogen and oxygen atoms in total. The number of allylic oxidation sites excluding steroid dienone is 1. The molecular formula is C15H22BrNS. The minimum Gasteiger partial charge on any atom is -0.310 e. The lowest BCUT2D eigenvalue weighted by atomic mass is 10.2. The van der Waals surface area contributed by atoms with Gasteiger partial charge in [-0.05, 0) is 54.9 Å². The average Bonchev–Trinajstić information content (AvgIpc) is 2.34. The lowest BCUT2D eigenvalue weighted by Gasteiger charge is -2.15. The maximum atomic E-state index is 3.59. The van der Waals surface area contributed by atoms with Crippen molar-refractivity contribution in [1.82, 2.24) is 5.32 Å². The van der Waals surface area contributed by atoms with Crippen molar-refractivity contribution in [3.05, 3.63) is 40.4 Å². The second-order valence-electron chi connectivity index (χ2n) is 4.55. The summed E-state index contributed by atoms with van der Waals surface area (Å²) in [5, 5.41) is 3.58. The zero-order chi connectivity index (χ0) is 13.4. The van der Waals surface area contributed by atoms with Gasteiger partial charge in [0.15, 0.2) is 0 Å². The van der Waals surface area contributed by atoms with Gasteiger partial charge >= 0.3 is 0 Å². The number of benzene rings is 1. The van der Waals surface area contributed by atoms with Crippen molar-refractivity contribution in [3.63, 3.8) is 0 Å². The first-order valence-electron chi connectivity index (χ1n) is 6.39. The van der Waals surface area contributed by atoms with E-state index in [4.69, 9.17) is 0 Å². The van der Waals surface area contributed by atoms with E-state index >= 15 is 0 Å². The summed E-state index contributed by atoms with van der Waals surface area (Å²) in [6.07, 6.45) is 3.49. The highest BCUT2D eigenvalue weighted by Crippen LogP contribution is 2.27. The molecule has 18 heavy (non-hydrogen) atoms. The Morgan fingerprint density at radius 1 is 1.39 bits per heavy atom. The highest BCUT2D eigenvalue weighted by Gasteiger charge is 2.06. The van der Waals surface area contributed by atoms with Gasteiger partial charge in [-0.2, -0.15) is 0 Å². The number of halogens is 1. The van der Waals surface area contributed by atoms with Crippen LogP contribution in [0.4, 0.5) is 0 Å². The zero-order valence-electron chi connectivity index (χ0n) is 11.4. The Hall–Kier alpha value is -0.250. The van der Waals surface area contributed by atoms with Gasteiger partial charge in [-0.15, -0.1) is 11.8 Å². The summed E-state index contributed by atoms with van der Waals surface area (Å²) in [5.74, 6) is 1.06. The molecule has 3 heteroatoms. The van der Waals surface area contributed by atoms with Crippen LogP contribution in [0.2, 0.25) is 0 Å². The molecule has 1 N–H and O–H groups in total. The van der Waals surface area contributed by atoms with E-state index in [0.29, 0.717) is 6.04 Å². The molecular weight excluding hydrogens is 306 g/mol. The van der Waals surface area contributed by atoms with Gasteiger partial charge < -0.3 is 5.32 Å². The largest absolute Gasteiger partial charge is 0.310 e. The fraction of sp³-hybridized carbons (Fsp3) is 0.467. The van der Waals surface area contributed by atoms with E-state index in [1.54, 1.807) is 0 Å². The van der Waals surface area contributed by atoms with Gasteiger partial charge in [-0.25, -0.2) is 0 Å². The van der Waals surface area contributed by atoms with Gasteiger partial charge in [0.25, 0.3) is 0 Å². The van der Waals surface area contributed by atoms with Gasteiger partial charge in [-0.3, -0.25) is 0 Å². The summed E-state index contributed by atoms with van der Waals surface area (Å²) in [4.78, 5) is 1.31. The second-order valence-corrected chi connectivity index (χ2v) is 6.46. The minimum atomic E-state index is 0.451. The molecule has 1 aromatic carbocycles. The van der Waals surface area contributed by atoms with Crippen LogP contribution in [0.1, 0.15) is 27.2 Å². The van der Waals surface area contributed by atoms with Crippen LogP contribution >= 0.6 is 27.7 Å². The van der Waals surface area contributed by atoms with E-state index in [2.05, 4.69) is 72.4 Å². The summed E-state index contributed by atoms with van der Waals surface area (Å²) in [6.45, 7) is 7.59. The highest BCUT2D eigenvalue weighted by atomic mass is 79.9. The SMILES string of the molecule is CCCNC(C=C(C)C)CSc1ccccc1Br. The summed E-state index contributed by atoms with van der Waals surface area (Å²) < 4.78 is 1.18. The molecule has 1 unspecified atom stereocenters. The van der Waals surface area contributed by atoms with Crippen LogP contribution in [0.25, 0.3) is 0 Å². The van der Waals surface area contributed by atoms with Crippen LogP contribution < -0.4 is 5.32 Å². The van der Waals surface area contributed by atoms with Gasteiger partial charge in [0.05, 0.1) is 0 Å². The summed E-state index contributed by atoms with van der Waals surface area (Å²) in [6, 6.07) is 8.85. The van der Waals surface area contributed by atoms with Crippen LogP contribution in [0.5, 0.6) is 0 Å². The van der Waals surface area contributed by atoms with E-state index in [1.165, 1.54) is 21.4 Å². The molecule has 0 saturated carbocycles. The Morgan fingerprint density at radius 2 is 2.11 bits per heavy atom. The van der Waals surface area contributed by atoms with Crippen molar-refractivity contribution in [2.75, 3.05) is 12.3 Å². The lowest BCUT2D eigenvalue weighted by molar-refractivity contribution is 0.627. The number of thioether (sulfide) groups is 1. The van der Waals surface area contributed by atoms with E-state index in [0.717, 1.165) is 12.3 Å². The fourth-order valence-corrected chi connectivity index (χ4v) is 3.22. The van der Waals surface area contributed by atoms with Crippen LogP contribution in [0.15, 0.2) is 45.3 Å².